The van der Waals surface area contributed by atoms with Crippen LogP contribution in [0.15, 0.2) is 18.2 Å². The van der Waals surface area contributed by atoms with E-state index in [2.05, 4.69) is 26.1 Å². The third-order valence-electron chi connectivity index (χ3n) is 3.40. The summed E-state index contributed by atoms with van der Waals surface area (Å²) in [6.07, 6.45) is 0.735. The van der Waals surface area contributed by atoms with Gasteiger partial charge in [-0.1, -0.05) is 20.8 Å². The molecule has 0 saturated heterocycles. The van der Waals surface area contributed by atoms with Gasteiger partial charge in [-0.05, 0) is 31.7 Å². The van der Waals surface area contributed by atoms with Crippen LogP contribution in [-0.4, -0.2) is 36.1 Å². The van der Waals surface area contributed by atoms with E-state index in [1.165, 1.54) is 19.2 Å². The minimum atomic E-state index is -0.866. The fraction of sp³-hybridized carbons (Fsp3) is 0.556. The fourth-order valence-corrected chi connectivity index (χ4v) is 2.96. The molecule has 1 N–H and O–H groups in total. The van der Waals surface area contributed by atoms with Crippen LogP contribution in [0.5, 0.6) is 5.75 Å². The zero-order chi connectivity index (χ0) is 20.1. The Labute approximate surface area is 153 Å². The van der Waals surface area contributed by atoms with Gasteiger partial charge in [-0.25, -0.2) is 4.79 Å². The number of hydrogen-bond acceptors (Lipinski definition) is 6. The predicted molar refractivity (Wildman–Crippen MR) is 96.2 cm³/mol. The topological polar surface area (TPSA) is 108 Å². The number of amides is 1. The van der Waals surface area contributed by atoms with Gasteiger partial charge in [0.05, 0.1) is 12.0 Å². The molecule has 1 rings (SSSR count). The van der Waals surface area contributed by atoms with Crippen molar-refractivity contribution in [3.05, 3.63) is 33.9 Å². The number of rotatable bonds is 7. The number of nitro groups is 1. The van der Waals surface area contributed by atoms with Crippen molar-refractivity contribution in [2.45, 2.75) is 46.6 Å². The molecule has 1 aromatic rings. The normalized spacial score (nSPS) is 11.6. The van der Waals surface area contributed by atoms with Crippen LogP contribution < -0.4 is 10.1 Å². The van der Waals surface area contributed by atoms with Crippen molar-refractivity contribution < 1.29 is 24.0 Å². The van der Waals surface area contributed by atoms with Crippen LogP contribution in [0.4, 0.5) is 5.69 Å². The lowest BCUT2D eigenvalue weighted by molar-refractivity contribution is -0.384. The maximum atomic E-state index is 12.2. The van der Waals surface area contributed by atoms with Crippen molar-refractivity contribution in [2.75, 3.05) is 13.7 Å². The predicted octanol–water partition coefficient (Wildman–Crippen LogP) is 3.09. The fourth-order valence-electron chi connectivity index (χ4n) is 2.96. The van der Waals surface area contributed by atoms with Crippen LogP contribution >= 0.6 is 0 Å². The lowest BCUT2D eigenvalue weighted by atomic mass is 9.82. The summed E-state index contributed by atoms with van der Waals surface area (Å²) in [5.41, 5.74) is -0.827. The minimum absolute atomic E-state index is 0.0177. The van der Waals surface area contributed by atoms with Gasteiger partial charge in [-0.2, -0.15) is 0 Å². The molecule has 1 aromatic carbocycles. The first-order chi connectivity index (χ1) is 11.8. The van der Waals surface area contributed by atoms with Crippen LogP contribution in [-0.2, 0) is 9.53 Å². The van der Waals surface area contributed by atoms with Gasteiger partial charge in [0, 0.05) is 17.7 Å². The summed E-state index contributed by atoms with van der Waals surface area (Å²) in [5.74, 6) is -1.18. The maximum Gasteiger partial charge on any atom is 0.342 e. The Morgan fingerprint density at radius 2 is 1.81 bits per heavy atom. The summed E-state index contributed by atoms with van der Waals surface area (Å²) in [6, 6.07) is 3.58. The number of nitro benzene ring substituents is 1. The van der Waals surface area contributed by atoms with Gasteiger partial charge in [-0.15, -0.1) is 0 Å². The highest BCUT2D eigenvalue weighted by atomic mass is 16.6. The number of nitrogens with one attached hydrogen (secondary N) is 1. The summed E-state index contributed by atoms with van der Waals surface area (Å²) in [6.45, 7) is 9.49. The minimum Gasteiger partial charge on any atom is -0.496 e. The third kappa shape index (κ3) is 6.70. The average Bonchev–Trinajstić information content (AvgIpc) is 2.48. The number of ether oxygens (including phenoxy) is 2. The summed E-state index contributed by atoms with van der Waals surface area (Å²) in [7, 11) is 1.33. The van der Waals surface area contributed by atoms with E-state index in [1.54, 1.807) is 0 Å². The molecule has 0 unspecified atom stereocenters. The molecule has 0 fully saturated rings. The zero-order valence-electron chi connectivity index (χ0n) is 16.0. The number of esters is 1. The van der Waals surface area contributed by atoms with Gasteiger partial charge in [0.2, 0.25) is 0 Å². The second-order valence-electron chi connectivity index (χ2n) is 7.89. The Bertz CT molecular complexity index is 691. The van der Waals surface area contributed by atoms with Gasteiger partial charge in [0.1, 0.15) is 11.3 Å². The Hall–Kier alpha value is -2.64. The average molecular weight is 366 g/mol. The van der Waals surface area contributed by atoms with E-state index in [0.717, 1.165) is 12.5 Å². The standard InChI is InChI=1S/C18H26N2O6/c1-17(2,3)11-18(4,5)19-15(21)10-26-16(22)13-9-12(20(23)24)7-8-14(13)25-6/h7-9H,10-11H2,1-6H3,(H,19,21). The number of hydrogen-bond donors (Lipinski definition) is 1. The lowest BCUT2D eigenvalue weighted by Gasteiger charge is -2.33. The van der Waals surface area contributed by atoms with Gasteiger partial charge in [0.25, 0.3) is 11.6 Å². The first-order valence-electron chi connectivity index (χ1n) is 8.15. The Kier molecular flexibility index (Phi) is 6.72. The van der Waals surface area contributed by atoms with Gasteiger partial charge in [-0.3, -0.25) is 14.9 Å². The number of carbonyl (C=O) groups is 2. The zero-order valence-corrected chi connectivity index (χ0v) is 16.0. The van der Waals surface area contributed by atoms with Crippen LogP contribution in [0.25, 0.3) is 0 Å². The van der Waals surface area contributed by atoms with E-state index >= 15 is 0 Å². The van der Waals surface area contributed by atoms with Crippen LogP contribution in [0, 0.1) is 15.5 Å². The number of nitrogens with zero attached hydrogens (tertiary/aromatic N) is 1. The van der Waals surface area contributed by atoms with Crippen LogP contribution in [0.2, 0.25) is 0 Å². The molecular weight excluding hydrogens is 340 g/mol. The molecule has 0 atom stereocenters. The summed E-state index contributed by atoms with van der Waals surface area (Å²) in [5, 5.41) is 13.7. The van der Waals surface area contributed by atoms with Crippen molar-refractivity contribution in [1.82, 2.24) is 5.32 Å². The van der Waals surface area contributed by atoms with E-state index < -0.39 is 28.9 Å². The molecular formula is C18H26N2O6. The number of methoxy groups -OCH3 is 1. The second kappa shape index (κ2) is 8.16. The summed E-state index contributed by atoms with van der Waals surface area (Å²) < 4.78 is 10.0. The monoisotopic (exact) mass is 366 g/mol. The highest BCUT2D eigenvalue weighted by Gasteiger charge is 2.27. The Balaban J connectivity index is 2.76. The molecule has 0 bridgehead atoms. The van der Waals surface area contributed by atoms with Crippen molar-refractivity contribution >= 4 is 17.6 Å². The van der Waals surface area contributed by atoms with E-state index in [9.17, 15) is 19.7 Å². The van der Waals surface area contributed by atoms with Gasteiger partial charge >= 0.3 is 5.97 Å². The SMILES string of the molecule is COc1ccc([N+](=O)[O-])cc1C(=O)OCC(=O)NC(C)(C)CC(C)(C)C. The molecule has 0 aromatic heterocycles. The smallest absolute Gasteiger partial charge is 0.342 e. The number of non-ortho nitro benzene ring substituents is 1. The summed E-state index contributed by atoms with van der Waals surface area (Å²) >= 11 is 0. The van der Waals surface area contributed by atoms with Crippen molar-refractivity contribution in [3.8, 4) is 5.75 Å². The molecule has 0 radical (unpaired) electrons. The first kappa shape index (κ1) is 21.4. The van der Waals surface area contributed by atoms with E-state index in [1.807, 2.05) is 13.8 Å². The number of benzene rings is 1. The van der Waals surface area contributed by atoms with E-state index in [0.29, 0.717) is 0 Å². The van der Waals surface area contributed by atoms with Crippen molar-refractivity contribution in [2.24, 2.45) is 5.41 Å². The lowest BCUT2D eigenvalue weighted by Crippen LogP contribution is -2.47. The molecule has 1 amide bonds. The first-order valence-corrected chi connectivity index (χ1v) is 8.15. The van der Waals surface area contributed by atoms with E-state index in [-0.39, 0.29) is 22.4 Å². The van der Waals surface area contributed by atoms with Crippen molar-refractivity contribution in [1.29, 1.82) is 0 Å². The molecule has 0 aliphatic rings. The molecule has 8 heteroatoms. The molecule has 144 valence electrons. The Morgan fingerprint density at radius 1 is 1.19 bits per heavy atom. The maximum absolute atomic E-state index is 12.2. The molecule has 26 heavy (non-hydrogen) atoms. The number of carbonyl (C=O) groups excluding carboxylic acids is 2. The van der Waals surface area contributed by atoms with E-state index in [4.69, 9.17) is 9.47 Å². The molecule has 0 heterocycles. The largest absolute Gasteiger partial charge is 0.496 e. The molecule has 0 aliphatic carbocycles. The molecule has 0 aliphatic heterocycles. The second-order valence-corrected chi connectivity index (χ2v) is 7.89. The molecule has 0 saturated carbocycles. The van der Waals surface area contributed by atoms with Crippen molar-refractivity contribution in [3.63, 3.8) is 0 Å². The highest BCUT2D eigenvalue weighted by molar-refractivity contribution is 5.94. The highest BCUT2D eigenvalue weighted by Crippen LogP contribution is 2.27. The van der Waals surface area contributed by atoms with Gasteiger partial charge < -0.3 is 14.8 Å². The quantitative estimate of drug-likeness (QED) is 0.451. The Morgan fingerprint density at radius 3 is 2.31 bits per heavy atom. The third-order valence-corrected chi connectivity index (χ3v) is 3.40. The molecule has 0 spiro atoms. The molecule has 8 nitrogen and oxygen atoms in total. The summed E-state index contributed by atoms with van der Waals surface area (Å²) in [4.78, 5) is 34.5. The van der Waals surface area contributed by atoms with Crippen LogP contribution in [0.1, 0.15) is 51.4 Å². The van der Waals surface area contributed by atoms with Crippen LogP contribution in [0.3, 0.4) is 0 Å². The van der Waals surface area contributed by atoms with Gasteiger partial charge in [0.15, 0.2) is 6.61 Å².